The van der Waals surface area contributed by atoms with Crippen molar-refractivity contribution in [2.24, 2.45) is 0 Å². The molecule has 10 heteroatoms. The number of sulfonamides is 2. The average molecular weight is 473 g/mol. The Morgan fingerprint density at radius 3 is 2.33 bits per heavy atom. The molecule has 1 aliphatic rings. The van der Waals surface area contributed by atoms with E-state index in [2.05, 4.69) is 4.72 Å². The van der Waals surface area contributed by atoms with Crippen LogP contribution in [0.25, 0.3) is 0 Å². The summed E-state index contributed by atoms with van der Waals surface area (Å²) in [6, 6.07) is 12.9. The van der Waals surface area contributed by atoms with Crippen molar-refractivity contribution in [2.75, 3.05) is 26.2 Å². The van der Waals surface area contributed by atoms with Crippen molar-refractivity contribution < 1.29 is 21.6 Å². The molecule has 0 amide bonds. The zero-order valence-electron chi connectivity index (χ0n) is 16.5. The highest BCUT2D eigenvalue weighted by Gasteiger charge is 2.25. The molecule has 1 aliphatic heterocycles. The quantitative estimate of drug-likeness (QED) is 0.566. The predicted octanol–water partition coefficient (Wildman–Crippen LogP) is 3.01. The molecule has 1 N–H and O–H groups in total. The van der Waals surface area contributed by atoms with Crippen LogP contribution in [0.3, 0.4) is 0 Å². The topological polar surface area (TPSA) is 92.8 Å². The molecule has 2 aromatic carbocycles. The summed E-state index contributed by atoms with van der Waals surface area (Å²) in [5.74, 6) is 0.304. The molecule has 1 fully saturated rings. The molecule has 2 aromatic rings. The molecule has 0 unspecified atom stereocenters. The monoisotopic (exact) mass is 472 g/mol. The van der Waals surface area contributed by atoms with Gasteiger partial charge < -0.3 is 4.74 Å². The first-order valence-corrected chi connectivity index (χ1v) is 13.2. The Bertz CT molecular complexity index is 1050. The van der Waals surface area contributed by atoms with Crippen molar-refractivity contribution in [3.8, 4) is 5.75 Å². The molecule has 30 heavy (non-hydrogen) atoms. The fourth-order valence-electron chi connectivity index (χ4n) is 3.23. The maximum Gasteiger partial charge on any atom is 0.243 e. The van der Waals surface area contributed by atoms with Crippen molar-refractivity contribution in [3.05, 3.63) is 59.1 Å². The fraction of sp³-hybridized carbons (Fsp3) is 0.400. The molecule has 0 atom stereocenters. The summed E-state index contributed by atoms with van der Waals surface area (Å²) < 4.78 is 59.1. The largest absolute Gasteiger partial charge is 0.492 e. The number of nitrogens with one attached hydrogen (secondary N) is 1. The Hall–Kier alpha value is -1.65. The van der Waals surface area contributed by atoms with Crippen LogP contribution in [0, 0.1) is 0 Å². The molecule has 164 valence electrons. The lowest BCUT2D eigenvalue weighted by Crippen LogP contribution is -2.35. The van der Waals surface area contributed by atoms with Gasteiger partial charge in [0, 0.05) is 24.7 Å². The minimum absolute atomic E-state index is 0.0940. The van der Waals surface area contributed by atoms with Crippen LogP contribution in [-0.2, 0) is 25.8 Å². The van der Waals surface area contributed by atoms with Gasteiger partial charge in [0.25, 0.3) is 0 Å². The molecular formula is C20H25ClN2O5S2. The molecule has 0 saturated carbocycles. The van der Waals surface area contributed by atoms with Gasteiger partial charge in [-0.1, -0.05) is 30.2 Å². The second-order valence-electron chi connectivity index (χ2n) is 7.07. The van der Waals surface area contributed by atoms with Crippen molar-refractivity contribution >= 4 is 31.6 Å². The standard InChI is InChI=1S/C20H25ClN2O5S2/c21-18-6-4-5-17(15-18)16-29(24,25)22-11-14-28-19-7-9-20(10-8-19)30(26,27)23-12-2-1-3-13-23/h4-10,15,22H,1-3,11-14,16H2. The first-order valence-electron chi connectivity index (χ1n) is 9.71. The maximum absolute atomic E-state index is 12.6. The molecule has 0 aromatic heterocycles. The Labute approximate surface area is 183 Å². The van der Waals surface area contributed by atoms with E-state index in [9.17, 15) is 16.8 Å². The molecule has 1 heterocycles. The van der Waals surface area contributed by atoms with Crippen LogP contribution in [0.5, 0.6) is 5.75 Å². The Balaban J connectivity index is 1.48. The lowest BCUT2D eigenvalue weighted by Gasteiger charge is -2.25. The van der Waals surface area contributed by atoms with Crippen molar-refractivity contribution in [1.29, 1.82) is 0 Å². The van der Waals surface area contributed by atoms with E-state index in [-0.39, 0.29) is 23.8 Å². The average Bonchev–Trinajstić information content (AvgIpc) is 2.72. The third-order valence-electron chi connectivity index (χ3n) is 4.72. The van der Waals surface area contributed by atoms with Crippen LogP contribution in [0.2, 0.25) is 5.02 Å². The first-order chi connectivity index (χ1) is 14.3. The number of hydrogen-bond acceptors (Lipinski definition) is 5. The number of piperidine rings is 1. The van der Waals surface area contributed by atoms with Gasteiger partial charge >= 0.3 is 0 Å². The number of halogens is 1. The molecule has 0 aliphatic carbocycles. The predicted molar refractivity (Wildman–Crippen MR) is 117 cm³/mol. The highest BCUT2D eigenvalue weighted by atomic mass is 35.5. The maximum atomic E-state index is 12.6. The molecule has 3 rings (SSSR count). The van der Waals surface area contributed by atoms with Gasteiger partial charge in [-0.05, 0) is 54.8 Å². The Morgan fingerprint density at radius 1 is 0.967 bits per heavy atom. The van der Waals surface area contributed by atoms with Gasteiger partial charge in [-0.3, -0.25) is 0 Å². The van der Waals surface area contributed by atoms with Crippen LogP contribution in [-0.4, -0.2) is 47.4 Å². The van der Waals surface area contributed by atoms with Gasteiger partial charge in [0.15, 0.2) is 0 Å². The van der Waals surface area contributed by atoms with Gasteiger partial charge in [0.2, 0.25) is 20.0 Å². The third kappa shape index (κ3) is 6.42. The number of benzene rings is 2. The summed E-state index contributed by atoms with van der Waals surface area (Å²) in [5.41, 5.74) is 0.599. The van der Waals surface area contributed by atoms with E-state index in [0.717, 1.165) is 19.3 Å². The Kier molecular flexibility index (Phi) is 7.75. The number of hydrogen-bond donors (Lipinski definition) is 1. The smallest absolute Gasteiger partial charge is 0.243 e. The zero-order chi connectivity index (χ0) is 21.6. The second-order valence-corrected chi connectivity index (χ2v) is 11.2. The first kappa shape index (κ1) is 23.0. The van der Waals surface area contributed by atoms with E-state index < -0.39 is 20.0 Å². The zero-order valence-corrected chi connectivity index (χ0v) is 18.8. The SMILES string of the molecule is O=S(=O)(Cc1cccc(Cl)c1)NCCOc1ccc(S(=O)(=O)N2CCCCC2)cc1. The van der Waals surface area contributed by atoms with Crippen LogP contribution < -0.4 is 9.46 Å². The van der Waals surface area contributed by atoms with Gasteiger partial charge in [-0.25, -0.2) is 21.6 Å². The lowest BCUT2D eigenvalue weighted by atomic mass is 10.2. The highest BCUT2D eigenvalue weighted by molar-refractivity contribution is 7.89. The van der Waals surface area contributed by atoms with Gasteiger partial charge in [0.1, 0.15) is 12.4 Å². The van der Waals surface area contributed by atoms with E-state index in [4.69, 9.17) is 16.3 Å². The molecule has 0 radical (unpaired) electrons. The van der Waals surface area contributed by atoms with Crippen LogP contribution in [0.4, 0.5) is 0 Å². The minimum atomic E-state index is -3.52. The highest BCUT2D eigenvalue weighted by Crippen LogP contribution is 2.22. The van der Waals surface area contributed by atoms with E-state index in [1.807, 2.05) is 0 Å². The summed E-state index contributed by atoms with van der Waals surface area (Å²) in [5, 5.41) is 0.483. The van der Waals surface area contributed by atoms with E-state index in [1.54, 1.807) is 36.4 Å². The molecule has 1 saturated heterocycles. The van der Waals surface area contributed by atoms with Gasteiger partial charge in [0.05, 0.1) is 10.6 Å². The van der Waals surface area contributed by atoms with E-state index in [1.165, 1.54) is 16.4 Å². The van der Waals surface area contributed by atoms with E-state index >= 15 is 0 Å². The minimum Gasteiger partial charge on any atom is -0.492 e. The molecular weight excluding hydrogens is 448 g/mol. The fourth-order valence-corrected chi connectivity index (χ4v) is 6.07. The molecule has 0 spiro atoms. The number of nitrogens with zero attached hydrogens (tertiary/aromatic N) is 1. The Morgan fingerprint density at radius 2 is 1.67 bits per heavy atom. The van der Waals surface area contributed by atoms with Crippen molar-refractivity contribution in [1.82, 2.24) is 9.03 Å². The summed E-state index contributed by atoms with van der Waals surface area (Å²) in [6.45, 7) is 1.32. The van der Waals surface area contributed by atoms with Crippen LogP contribution in [0.15, 0.2) is 53.4 Å². The summed E-state index contributed by atoms with van der Waals surface area (Å²) >= 11 is 5.88. The van der Waals surface area contributed by atoms with Crippen LogP contribution >= 0.6 is 11.6 Å². The third-order valence-corrected chi connectivity index (χ3v) is 8.22. The number of rotatable bonds is 9. The van der Waals surface area contributed by atoms with Gasteiger partial charge in [-0.2, -0.15) is 4.31 Å². The summed E-state index contributed by atoms with van der Waals surface area (Å²) in [7, 11) is -7.00. The molecule has 7 nitrogen and oxygen atoms in total. The van der Waals surface area contributed by atoms with Crippen molar-refractivity contribution in [2.45, 2.75) is 29.9 Å². The number of ether oxygens (including phenoxy) is 1. The van der Waals surface area contributed by atoms with Crippen LogP contribution in [0.1, 0.15) is 24.8 Å². The summed E-state index contributed by atoms with van der Waals surface area (Å²) in [4.78, 5) is 0.235. The second kappa shape index (κ2) is 10.1. The normalized spacial score (nSPS) is 15.8. The molecule has 0 bridgehead atoms. The van der Waals surface area contributed by atoms with Gasteiger partial charge in [-0.15, -0.1) is 0 Å². The van der Waals surface area contributed by atoms with Crippen molar-refractivity contribution in [3.63, 3.8) is 0 Å². The lowest BCUT2D eigenvalue weighted by molar-refractivity contribution is 0.322. The van der Waals surface area contributed by atoms with E-state index in [0.29, 0.717) is 29.4 Å². The summed E-state index contributed by atoms with van der Waals surface area (Å²) in [6.07, 6.45) is 2.82.